The topological polar surface area (TPSA) is 53.3 Å². The van der Waals surface area contributed by atoms with Gasteiger partial charge in [-0.3, -0.25) is 4.79 Å². The Hall–Kier alpha value is -1.08. The molecule has 0 aliphatic carbocycles. The summed E-state index contributed by atoms with van der Waals surface area (Å²) in [6.45, 7) is 4.57. The fraction of sp³-hybridized carbons (Fsp3) is 0.818. The van der Waals surface area contributed by atoms with E-state index in [-0.39, 0.29) is 24.7 Å². The predicted octanol–water partition coefficient (Wildman–Crippen LogP) is 1.32. The van der Waals surface area contributed by atoms with Gasteiger partial charge in [0.15, 0.2) is 0 Å². The van der Waals surface area contributed by atoms with E-state index in [1.807, 2.05) is 13.8 Å². The summed E-state index contributed by atoms with van der Waals surface area (Å²) in [7, 11) is 0. The molecular formula is C11H18N2O2. The van der Waals surface area contributed by atoms with E-state index in [0.717, 1.165) is 19.3 Å². The molecule has 0 aromatic carbocycles. The monoisotopic (exact) mass is 210 g/mol. The van der Waals surface area contributed by atoms with Crippen molar-refractivity contribution in [2.24, 2.45) is 0 Å². The Kier molecular flexibility index (Phi) is 4.57. The Labute approximate surface area is 90.8 Å². The number of ether oxygens (including phenoxy) is 1. The number of piperidine rings is 1. The number of hydrogen-bond donors (Lipinski definition) is 0. The number of hydrogen-bond acceptors (Lipinski definition) is 3. The molecule has 0 aromatic heterocycles. The SMILES string of the molecule is CC(C)OCC(=O)N1CCCCC1C#N. The molecule has 0 spiro atoms. The van der Waals surface area contributed by atoms with E-state index < -0.39 is 0 Å². The van der Waals surface area contributed by atoms with Crippen LogP contribution in [0.1, 0.15) is 33.1 Å². The van der Waals surface area contributed by atoms with Crippen LogP contribution in [0.15, 0.2) is 0 Å². The van der Waals surface area contributed by atoms with Gasteiger partial charge in [0.05, 0.1) is 12.2 Å². The molecule has 1 saturated heterocycles. The van der Waals surface area contributed by atoms with Crippen molar-refractivity contribution in [1.29, 1.82) is 5.26 Å². The zero-order chi connectivity index (χ0) is 11.3. The van der Waals surface area contributed by atoms with E-state index in [9.17, 15) is 4.79 Å². The van der Waals surface area contributed by atoms with Crippen LogP contribution in [0.5, 0.6) is 0 Å². The highest BCUT2D eigenvalue weighted by atomic mass is 16.5. The summed E-state index contributed by atoms with van der Waals surface area (Å²) in [4.78, 5) is 13.4. The lowest BCUT2D eigenvalue weighted by molar-refractivity contribution is -0.140. The second-order valence-corrected chi connectivity index (χ2v) is 4.09. The fourth-order valence-corrected chi connectivity index (χ4v) is 1.69. The molecule has 1 heterocycles. The molecule has 0 aromatic rings. The lowest BCUT2D eigenvalue weighted by Gasteiger charge is -2.31. The highest BCUT2D eigenvalue weighted by Gasteiger charge is 2.26. The number of nitriles is 1. The Balaban J connectivity index is 2.46. The molecular weight excluding hydrogens is 192 g/mol. The van der Waals surface area contributed by atoms with Gasteiger partial charge in [0.2, 0.25) is 5.91 Å². The van der Waals surface area contributed by atoms with Crippen LogP contribution in [0, 0.1) is 11.3 Å². The number of rotatable bonds is 3. The van der Waals surface area contributed by atoms with Crippen molar-refractivity contribution in [3.8, 4) is 6.07 Å². The van der Waals surface area contributed by atoms with Gasteiger partial charge in [-0.25, -0.2) is 0 Å². The summed E-state index contributed by atoms with van der Waals surface area (Å²) in [5, 5.41) is 8.90. The summed E-state index contributed by atoms with van der Waals surface area (Å²) in [5.74, 6) is -0.0602. The van der Waals surface area contributed by atoms with Crippen molar-refractivity contribution in [1.82, 2.24) is 4.90 Å². The van der Waals surface area contributed by atoms with Crippen molar-refractivity contribution in [2.45, 2.75) is 45.3 Å². The first-order valence-corrected chi connectivity index (χ1v) is 5.46. The number of carbonyl (C=O) groups excluding carboxylic acids is 1. The average molecular weight is 210 g/mol. The third-order valence-corrected chi connectivity index (χ3v) is 2.51. The van der Waals surface area contributed by atoms with Crippen LogP contribution in [-0.2, 0) is 9.53 Å². The van der Waals surface area contributed by atoms with E-state index in [0.29, 0.717) is 6.54 Å². The standard InChI is InChI=1S/C11H18N2O2/c1-9(2)15-8-11(14)13-6-4-3-5-10(13)7-12/h9-10H,3-6,8H2,1-2H3. The lowest BCUT2D eigenvalue weighted by atomic mass is 10.0. The zero-order valence-corrected chi connectivity index (χ0v) is 9.40. The van der Waals surface area contributed by atoms with Crippen LogP contribution in [0.3, 0.4) is 0 Å². The quantitative estimate of drug-likeness (QED) is 0.705. The smallest absolute Gasteiger partial charge is 0.249 e. The van der Waals surface area contributed by atoms with Crippen molar-refractivity contribution in [2.75, 3.05) is 13.2 Å². The van der Waals surface area contributed by atoms with Crippen molar-refractivity contribution in [3.05, 3.63) is 0 Å². The Morgan fingerprint density at radius 1 is 1.60 bits per heavy atom. The first-order chi connectivity index (χ1) is 7.15. The molecule has 4 nitrogen and oxygen atoms in total. The van der Waals surface area contributed by atoms with Crippen LogP contribution >= 0.6 is 0 Å². The van der Waals surface area contributed by atoms with E-state index in [2.05, 4.69) is 6.07 Å². The van der Waals surface area contributed by atoms with Gasteiger partial charge in [-0.2, -0.15) is 5.26 Å². The lowest BCUT2D eigenvalue weighted by Crippen LogP contribution is -2.44. The van der Waals surface area contributed by atoms with Crippen molar-refractivity contribution < 1.29 is 9.53 Å². The first kappa shape index (κ1) is 12.0. The summed E-state index contributed by atoms with van der Waals surface area (Å²) in [5.41, 5.74) is 0. The maximum Gasteiger partial charge on any atom is 0.249 e. The third-order valence-electron chi connectivity index (χ3n) is 2.51. The summed E-state index contributed by atoms with van der Waals surface area (Å²) in [6, 6.07) is 1.92. The average Bonchev–Trinajstić information content (AvgIpc) is 2.25. The minimum atomic E-state index is -0.248. The van der Waals surface area contributed by atoms with Crippen LogP contribution < -0.4 is 0 Å². The number of nitrogens with zero attached hydrogens (tertiary/aromatic N) is 2. The first-order valence-electron chi connectivity index (χ1n) is 5.46. The van der Waals surface area contributed by atoms with Gasteiger partial charge >= 0.3 is 0 Å². The van der Waals surface area contributed by atoms with E-state index >= 15 is 0 Å². The molecule has 0 radical (unpaired) electrons. The summed E-state index contributed by atoms with van der Waals surface area (Å²) in [6.07, 6.45) is 2.88. The minimum absolute atomic E-state index is 0.0549. The molecule has 84 valence electrons. The largest absolute Gasteiger partial charge is 0.369 e. The maximum absolute atomic E-state index is 11.7. The molecule has 1 aliphatic rings. The zero-order valence-electron chi connectivity index (χ0n) is 9.40. The van der Waals surface area contributed by atoms with Gasteiger partial charge in [0.25, 0.3) is 0 Å². The maximum atomic E-state index is 11.7. The van der Waals surface area contributed by atoms with Gasteiger partial charge in [0.1, 0.15) is 12.6 Å². The number of likely N-dealkylation sites (tertiary alicyclic amines) is 1. The highest BCUT2D eigenvalue weighted by Crippen LogP contribution is 2.16. The Bertz CT molecular complexity index is 258. The highest BCUT2D eigenvalue weighted by molar-refractivity contribution is 5.78. The molecule has 1 fully saturated rings. The molecule has 15 heavy (non-hydrogen) atoms. The molecule has 1 aliphatic heterocycles. The van der Waals surface area contributed by atoms with Crippen molar-refractivity contribution >= 4 is 5.91 Å². The third kappa shape index (κ3) is 3.52. The van der Waals surface area contributed by atoms with E-state index in [4.69, 9.17) is 10.00 Å². The molecule has 1 amide bonds. The van der Waals surface area contributed by atoms with Gasteiger partial charge in [-0.05, 0) is 33.1 Å². The second kappa shape index (κ2) is 5.72. The normalized spacial score (nSPS) is 21.5. The van der Waals surface area contributed by atoms with Crippen LogP contribution in [0.25, 0.3) is 0 Å². The second-order valence-electron chi connectivity index (χ2n) is 4.09. The summed E-state index contributed by atoms with van der Waals surface area (Å²) >= 11 is 0. The van der Waals surface area contributed by atoms with Gasteiger partial charge in [0, 0.05) is 6.54 Å². The Morgan fingerprint density at radius 2 is 2.33 bits per heavy atom. The minimum Gasteiger partial charge on any atom is -0.369 e. The molecule has 1 atom stereocenters. The van der Waals surface area contributed by atoms with E-state index in [1.54, 1.807) is 4.90 Å². The molecule has 0 bridgehead atoms. The van der Waals surface area contributed by atoms with Gasteiger partial charge in [-0.15, -0.1) is 0 Å². The van der Waals surface area contributed by atoms with E-state index in [1.165, 1.54) is 0 Å². The molecule has 4 heteroatoms. The fourth-order valence-electron chi connectivity index (χ4n) is 1.69. The van der Waals surface area contributed by atoms with Gasteiger partial charge < -0.3 is 9.64 Å². The van der Waals surface area contributed by atoms with Crippen LogP contribution in [0.4, 0.5) is 0 Å². The molecule has 0 saturated carbocycles. The van der Waals surface area contributed by atoms with Crippen LogP contribution in [0.2, 0.25) is 0 Å². The molecule has 0 N–H and O–H groups in total. The van der Waals surface area contributed by atoms with Crippen LogP contribution in [-0.4, -0.2) is 36.1 Å². The predicted molar refractivity (Wildman–Crippen MR) is 56.1 cm³/mol. The summed E-state index contributed by atoms with van der Waals surface area (Å²) < 4.78 is 5.25. The molecule has 1 rings (SSSR count). The van der Waals surface area contributed by atoms with Crippen molar-refractivity contribution in [3.63, 3.8) is 0 Å². The van der Waals surface area contributed by atoms with Gasteiger partial charge in [-0.1, -0.05) is 0 Å². The Morgan fingerprint density at radius 3 is 2.93 bits per heavy atom. The molecule has 1 unspecified atom stereocenters. The number of amides is 1. The number of carbonyl (C=O) groups is 1.